The van der Waals surface area contributed by atoms with E-state index in [1.807, 2.05) is 18.2 Å². The van der Waals surface area contributed by atoms with E-state index in [1.54, 1.807) is 0 Å². The maximum absolute atomic E-state index is 13.5. The Kier molecular flexibility index (Phi) is 4.74. The molecule has 1 fully saturated rings. The minimum absolute atomic E-state index is 0.122. The molecule has 0 saturated carbocycles. The van der Waals surface area contributed by atoms with E-state index in [2.05, 4.69) is 55.8 Å². The van der Waals surface area contributed by atoms with Gasteiger partial charge in [-0.15, -0.1) is 0 Å². The van der Waals surface area contributed by atoms with E-state index in [0.29, 0.717) is 11.7 Å². The normalized spacial score (nSPS) is 19.1. The number of fused-ring (bicyclic) bond motifs is 4. The summed E-state index contributed by atoms with van der Waals surface area (Å²) in [5, 5.41) is 0.967. The van der Waals surface area contributed by atoms with Gasteiger partial charge in [0.2, 0.25) is 0 Å². The zero-order chi connectivity index (χ0) is 21.9. The largest absolute Gasteiger partial charge is 0.399 e. The summed E-state index contributed by atoms with van der Waals surface area (Å²) in [4.78, 5) is 19.6. The highest BCUT2D eigenvalue weighted by molar-refractivity contribution is 6.20. The molecule has 5 rings (SSSR count). The predicted octanol–water partition coefficient (Wildman–Crippen LogP) is 5.28. The fourth-order valence-electron chi connectivity index (χ4n) is 5.63. The van der Waals surface area contributed by atoms with E-state index < -0.39 is 0 Å². The Bertz CT molecular complexity index is 1160. The Morgan fingerprint density at radius 2 is 1.87 bits per heavy atom. The molecule has 1 saturated heterocycles. The first kappa shape index (κ1) is 20.3. The number of nitrogens with one attached hydrogen (secondary N) is 1. The fraction of sp³-hybridized carbons (Fsp3) is 0.444. The number of piperidine rings is 1. The first-order chi connectivity index (χ1) is 14.8. The molecule has 0 spiro atoms. The van der Waals surface area contributed by atoms with Crippen molar-refractivity contribution in [2.24, 2.45) is 5.92 Å². The maximum Gasteiger partial charge on any atom is 0.195 e. The van der Waals surface area contributed by atoms with Gasteiger partial charge < -0.3 is 15.6 Å². The predicted molar refractivity (Wildman–Crippen MR) is 128 cm³/mol. The molecular weight excluding hydrogens is 382 g/mol. The molecule has 2 aromatic carbocycles. The highest BCUT2D eigenvalue weighted by atomic mass is 16.1. The smallest absolute Gasteiger partial charge is 0.195 e. The van der Waals surface area contributed by atoms with Crippen LogP contribution in [-0.2, 0) is 11.8 Å². The van der Waals surface area contributed by atoms with Gasteiger partial charge in [0, 0.05) is 39.3 Å². The van der Waals surface area contributed by atoms with Gasteiger partial charge >= 0.3 is 0 Å². The summed E-state index contributed by atoms with van der Waals surface area (Å²) in [5.41, 5.74) is 12.5. The monoisotopic (exact) mass is 415 g/mol. The molecule has 1 aliphatic carbocycles. The van der Waals surface area contributed by atoms with Gasteiger partial charge in [0.1, 0.15) is 0 Å². The van der Waals surface area contributed by atoms with Crippen molar-refractivity contribution in [3.05, 3.63) is 64.3 Å². The van der Waals surface area contributed by atoms with Gasteiger partial charge in [-0.25, -0.2) is 0 Å². The zero-order valence-corrected chi connectivity index (χ0v) is 19.1. The molecule has 1 aliphatic heterocycles. The van der Waals surface area contributed by atoms with Crippen LogP contribution in [0.1, 0.15) is 73.3 Å². The minimum Gasteiger partial charge on any atom is -0.399 e. The summed E-state index contributed by atoms with van der Waals surface area (Å²) in [7, 11) is 0. The number of carbonyl (C=O) groups excluding carboxylic acids is 1. The van der Waals surface area contributed by atoms with Crippen molar-refractivity contribution in [3.8, 4) is 0 Å². The number of hydrogen-bond acceptors (Lipinski definition) is 3. The number of aromatic amines is 1. The van der Waals surface area contributed by atoms with Crippen molar-refractivity contribution in [3.63, 3.8) is 0 Å². The molecule has 0 radical (unpaired) electrons. The van der Waals surface area contributed by atoms with Crippen LogP contribution in [-0.4, -0.2) is 34.8 Å². The van der Waals surface area contributed by atoms with Crippen molar-refractivity contribution in [2.45, 2.75) is 58.4 Å². The van der Waals surface area contributed by atoms with E-state index >= 15 is 0 Å². The molecule has 0 bridgehead atoms. The average molecular weight is 416 g/mol. The SMILES string of the molecule is CC(C)N1CCC(Cc2ccc3c(c2)C(C)(C)c2[nH]c4cc(N)ccc4c2C3=O)CC1. The minimum atomic E-state index is -0.261. The molecule has 4 nitrogen and oxygen atoms in total. The second kappa shape index (κ2) is 7.23. The number of H-pyrrole nitrogens is 1. The van der Waals surface area contributed by atoms with Gasteiger partial charge in [0.15, 0.2) is 5.78 Å². The van der Waals surface area contributed by atoms with Crippen molar-refractivity contribution in [1.82, 2.24) is 9.88 Å². The second-order valence-electron chi connectivity index (χ2n) is 10.3. The summed E-state index contributed by atoms with van der Waals surface area (Å²) < 4.78 is 0. The summed E-state index contributed by atoms with van der Waals surface area (Å²) >= 11 is 0. The summed E-state index contributed by atoms with van der Waals surface area (Å²) in [6.45, 7) is 11.4. The molecule has 4 heteroatoms. The van der Waals surface area contributed by atoms with Crippen LogP contribution in [0.2, 0.25) is 0 Å². The number of aromatic nitrogens is 1. The van der Waals surface area contributed by atoms with Crippen LogP contribution in [0.15, 0.2) is 36.4 Å². The quantitative estimate of drug-likeness (QED) is 0.572. The second-order valence-corrected chi connectivity index (χ2v) is 10.3. The Labute approximate surface area is 184 Å². The summed E-state index contributed by atoms with van der Waals surface area (Å²) in [6.07, 6.45) is 3.61. The lowest BCUT2D eigenvalue weighted by Crippen LogP contribution is -2.38. The number of benzene rings is 2. The van der Waals surface area contributed by atoms with Gasteiger partial charge in [-0.2, -0.15) is 0 Å². The zero-order valence-electron chi connectivity index (χ0n) is 19.1. The van der Waals surface area contributed by atoms with Crippen molar-refractivity contribution < 1.29 is 4.79 Å². The number of nitrogens with zero attached hydrogens (tertiary/aromatic N) is 1. The average Bonchev–Trinajstić information content (AvgIpc) is 3.12. The molecule has 1 aromatic heterocycles. The number of carbonyl (C=O) groups is 1. The number of nitrogens with two attached hydrogens (primary N) is 1. The van der Waals surface area contributed by atoms with E-state index in [1.165, 1.54) is 31.5 Å². The third-order valence-electron chi connectivity index (χ3n) is 7.58. The molecule has 0 unspecified atom stereocenters. The van der Waals surface area contributed by atoms with Crippen LogP contribution in [0.4, 0.5) is 5.69 Å². The van der Waals surface area contributed by atoms with Crippen molar-refractivity contribution in [1.29, 1.82) is 0 Å². The lowest BCUT2D eigenvalue weighted by atomic mass is 9.70. The van der Waals surface area contributed by atoms with Gasteiger partial charge in [-0.3, -0.25) is 4.79 Å². The molecular formula is C27H33N3O. The maximum atomic E-state index is 13.5. The number of nitrogen functional groups attached to an aromatic ring is 1. The first-order valence-electron chi connectivity index (χ1n) is 11.6. The molecule has 3 aromatic rings. The van der Waals surface area contributed by atoms with Crippen molar-refractivity contribution in [2.75, 3.05) is 18.8 Å². The molecule has 31 heavy (non-hydrogen) atoms. The Hall–Kier alpha value is -2.59. The Balaban J connectivity index is 1.48. The molecule has 0 atom stereocenters. The summed E-state index contributed by atoms with van der Waals surface area (Å²) in [5.74, 6) is 0.846. The fourth-order valence-corrected chi connectivity index (χ4v) is 5.63. The Morgan fingerprint density at radius 3 is 2.58 bits per heavy atom. The van der Waals surface area contributed by atoms with E-state index in [-0.39, 0.29) is 11.2 Å². The van der Waals surface area contributed by atoms with E-state index in [4.69, 9.17) is 5.73 Å². The molecule has 0 amide bonds. The van der Waals surface area contributed by atoms with Crippen LogP contribution in [0.5, 0.6) is 0 Å². The van der Waals surface area contributed by atoms with Gasteiger partial charge in [-0.05, 0) is 75.4 Å². The lowest BCUT2D eigenvalue weighted by molar-refractivity contribution is 0.103. The van der Waals surface area contributed by atoms with Crippen LogP contribution >= 0.6 is 0 Å². The number of hydrogen-bond donors (Lipinski definition) is 2. The third kappa shape index (κ3) is 3.28. The summed E-state index contributed by atoms with van der Waals surface area (Å²) in [6, 6.07) is 13.0. The Morgan fingerprint density at radius 1 is 1.13 bits per heavy atom. The lowest BCUT2D eigenvalue weighted by Gasteiger charge is -2.35. The number of anilines is 1. The van der Waals surface area contributed by atoms with Gasteiger partial charge in [0.05, 0.1) is 5.56 Å². The third-order valence-corrected chi connectivity index (χ3v) is 7.58. The number of likely N-dealkylation sites (tertiary alicyclic amines) is 1. The van der Waals surface area contributed by atoms with E-state index in [0.717, 1.165) is 45.6 Å². The van der Waals surface area contributed by atoms with Crippen LogP contribution in [0, 0.1) is 5.92 Å². The topological polar surface area (TPSA) is 62.1 Å². The van der Waals surface area contributed by atoms with Crippen molar-refractivity contribution >= 4 is 22.4 Å². The number of ketones is 1. The molecule has 2 aliphatic rings. The van der Waals surface area contributed by atoms with Crippen LogP contribution in [0.25, 0.3) is 10.9 Å². The highest BCUT2D eigenvalue weighted by Gasteiger charge is 2.39. The van der Waals surface area contributed by atoms with Crippen LogP contribution < -0.4 is 5.73 Å². The van der Waals surface area contributed by atoms with E-state index in [9.17, 15) is 4.79 Å². The standard InChI is InChI=1S/C27H33N3O/c1-16(2)30-11-9-17(10-12-30)13-18-5-7-20-22(14-18)27(3,4)26-24(25(20)31)21-8-6-19(28)15-23(21)29-26/h5-8,14-17,29H,9-13,28H2,1-4H3. The number of rotatable bonds is 3. The van der Waals surface area contributed by atoms with Gasteiger partial charge in [-0.1, -0.05) is 38.1 Å². The molecule has 3 N–H and O–H groups in total. The molecule has 2 heterocycles. The highest BCUT2D eigenvalue weighted by Crippen LogP contribution is 2.44. The van der Waals surface area contributed by atoms with Crippen LogP contribution in [0.3, 0.4) is 0 Å². The first-order valence-corrected chi connectivity index (χ1v) is 11.6. The van der Waals surface area contributed by atoms with Gasteiger partial charge in [0.25, 0.3) is 0 Å². The molecule has 162 valence electrons.